The molecule has 2 aliphatic rings. The summed E-state index contributed by atoms with van der Waals surface area (Å²) in [4.78, 5) is 19.8. The smallest absolute Gasteiger partial charge is 0.226 e. The van der Waals surface area contributed by atoms with Crippen LogP contribution >= 0.6 is 24.2 Å². The fourth-order valence-electron chi connectivity index (χ4n) is 3.97. The average molecular weight is 438 g/mol. The molecule has 0 aromatic heterocycles. The molecule has 1 saturated heterocycles. The Balaban J connectivity index is 0.00000300. The lowest BCUT2D eigenvalue weighted by molar-refractivity contribution is -0.116. The van der Waals surface area contributed by atoms with E-state index >= 15 is 0 Å². The minimum absolute atomic E-state index is 0. The molecule has 1 N–H and O–H groups in total. The molecule has 3 rings (SSSR count). The lowest BCUT2D eigenvalue weighted by atomic mass is 10.1. The number of carbonyl (C=O) groups is 1. The predicted molar refractivity (Wildman–Crippen MR) is 128 cm³/mol. The van der Waals surface area contributed by atoms with E-state index in [9.17, 15) is 4.79 Å². The van der Waals surface area contributed by atoms with E-state index in [-0.39, 0.29) is 24.4 Å². The maximum Gasteiger partial charge on any atom is 0.226 e. The number of carbonyl (C=O) groups excluding carboxylic acids is 1. The van der Waals surface area contributed by atoms with Crippen LogP contribution in [0.5, 0.6) is 0 Å². The van der Waals surface area contributed by atoms with Gasteiger partial charge in [-0.15, -0.1) is 12.4 Å². The minimum Gasteiger partial charge on any atom is -0.350 e. The van der Waals surface area contributed by atoms with E-state index in [4.69, 9.17) is 4.99 Å². The number of amides is 1. The number of anilines is 1. The third-order valence-electron chi connectivity index (χ3n) is 5.85. The first-order valence-corrected chi connectivity index (χ1v) is 12.0. The summed E-state index contributed by atoms with van der Waals surface area (Å²) in [6.07, 6.45) is 11.8. The quantitative estimate of drug-likeness (QED) is 0.539. The van der Waals surface area contributed by atoms with E-state index in [0.717, 1.165) is 23.0 Å². The van der Waals surface area contributed by atoms with Crippen molar-refractivity contribution in [2.75, 3.05) is 18.1 Å². The van der Waals surface area contributed by atoms with E-state index in [1.54, 1.807) is 0 Å². The minimum atomic E-state index is 0. The number of aryl methyl sites for hydroxylation is 1. The molecule has 1 aromatic carbocycles. The monoisotopic (exact) mass is 437 g/mol. The molecule has 1 aromatic rings. The molecule has 4 nitrogen and oxygen atoms in total. The third-order valence-corrected chi connectivity index (χ3v) is 7.05. The summed E-state index contributed by atoms with van der Waals surface area (Å²) in [5.74, 6) is 1.04. The fraction of sp³-hybridized carbons (Fsp3) is 0.652. The molecule has 29 heavy (non-hydrogen) atoms. The van der Waals surface area contributed by atoms with Crippen molar-refractivity contribution < 1.29 is 4.79 Å². The molecule has 0 spiro atoms. The highest BCUT2D eigenvalue weighted by atomic mass is 35.5. The summed E-state index contributed by atoms with van der Waals surface area (Å²) in [6.45, 7) is 2.21. The van der Waals surface area contributed by atoms with Crippen molar-refractivity contribution >= 4 is 40.9 Å². The van der Waals surface area contributed by atoms with Gasteiger partial charge in [0.15, 0.2) is 5.17 Å². The number of hydrogen-bond acceptors (Lipinski definition) is 3. The zero-order chi connectivity index (χ0) is 19.8. The molecular formula is C23H36ClN3OS. The molecule has 1 atom stereocenters. The van der Waals surface area contributed by atoms with Crippen molar-refractivity contribution in [2.24, 2.45) is 4.99 Å². The number of halogens is 1. The van der Waals surface area contributed by atoms with Crippen LogP contribution in [0.25, 0.3) is 0 Å². The Labute approximate surface area is 186 Å². The molecule has 1 aliphatic carbocycles. The lowest BCUT2D eigenvalue weighted by Crippen LogP contribution is -2.34. The third kappa shape index (κ3) is 7.53. The van der Waals surface area contributed by atoms with Crippen LogP contribution in [0.3, 0.4) is 0 Å². The van der Waals surface area contributed by atoms with Crippen molar-refractivity contribution in [3.8, 4) is 0 Å². The summed E-state index contributed by atoms with van der Waals surface area (Å²) in [7, 11) is 2.09. The number of amidine groups is 1. The second-order valence-electron chi connectivity index (χ2n) is 8.19. The van der Waals surface area contributed by atoms with Crippen molar-refractivity contribution in [1.82, 2.24) is 4.90 Å². The van der Waals surface area contributed by atoms with Gasteiger partial charge in [-0.05, 0) is 43.4 Å². The Bertz CT molecular complexity index is 657. The van der Waals surface area contributed by atoms with Gasteiger partial charge in [-0.25, -0.2) is 0 Å². The maximum atomic E-state index is 12.5. The van der Waals surface area contributed by atoms with E-state index in [2.05, 4.69) is 36.3 Å². The molecule has 0 radical (unpaired) electrons. The summed E-state index contributed by atoms with van der Waals surface area (Å²) in [5.41, 5.74) is 2.23. The van der Waals surface area contributed by atoms with E-state index in [0.29, 0.717) is 12.5 Å². The second kappa shape index (κ2) is 12.5. The SMILES string of the molecule is CCCCc1ccc(NC(=O)CC2CS/C(=N\C3CCCCCC3)N2C)cc1.Cl. The van der Waals surface area contributed by atoms with Gasteiger partial charge < -0.3 is 10.2 Å². The van der Waals surface area contributed by atoms with Crippen LogP contribution in [0.2, 0.25) is 0 Å². The Morgan fingerprint density at radius 1 is 1.17 bits per heavy atom. The van der Waals surface area contributed by atoms with Crippen LogP contribution in [0, 0.1) is 0 Å². The lowest BCUT2D eigenvalue weighted by Gasteiger charge is -2.21. The van der Waals surface area contributed by atoms with Gasteiger partial charge in [-0.3, -0.25) is 9.79 Å². The van der Waals surface area contributed by atoms with Crippen LogP contribution in [0.1, 0.15) is 70.3 Å². The van der Waals surface area contributed by atoms with Gasteiger partial charge in [0.25, 0.3) is 0 Å². The zero-order valence-electron chi connectivity index (χ0n) is 17.9. The highest BCUT2D eigenvalue weighted by Crippen LogP contribution is 2.28. The highest BCUT2D eigenvalue weighted by Gasteiger charge is 2.29. The number of benzene rings is 1. The van der Waals surface area contributed by atoms with Crippen molar-refractivity contribution in [3.63, 3.8) is 0 Å². The van der Waals surface area contributed by atoms with Crippen LogP contribution in [-0.4, -0.2) is 40.9 Å². The molecular weight excluding hydrogens is 402 g/mol. The number of thioether (sulfide) groups is 1. The number of rotatable bonds is 7. The Morgan fingerprint density at radius 3 is 2.52 bits per heavy atom. The summed E-state index contributed by atoms with van der Waals surface area (Å²) in [5, 5.41) is 4.19. The van der Waals surface area contributed by atoms with Crippen LogP contribution < -0.4 is 5.32 Å². The Kier molecular flexibility index (Phi) is 10.4. The molecule has 0 bridgehead atoms. The van der Waals surface area contributed by atoms with E-state index < -0.39 is 0 Å². The van der Waals surface area contributed by atoms with Crippen molar-refractivity contribution in [1.29, 1.82) is 0 Å². The summed E-state index contributed by atoms with van der Waals surface area (Å²) < 4.78 is 0. The van der Waals surface area contributed by atoms with Gasteiger partial charge in [0.1, 0.15) is 0 Å². The molecule has 1 amide bonds. The van der Waals surface area contributed by atoms with Crippen molar-refractivity contribution in [2.45, 2.75) is 83.2 Å². The topological polar surface area (TPSA) is 44.7 Å². The van der Waals surface area contributed by atoms with E-state index in [1.807, 2.05) is 23.9 Å². The van der Waals surface area contributed by atoms with Gasteiger partial charge in [-0.1, -0.05) is 62.9 Å². The molecule has 1 unspecified atom stereocenters. The second-order valence-corrected chi connectivity index (χ2v) is 9.17. The van der Waals surface area contributed by atoms with Crippen LogP contribution in [0.15, 0.2) is 29.3 Å². The molecule has 162 valence electrons. The molecule has 6 heteroatoms. The first kappa shape index (κ1) is 24.1. The highest BCUT2D eigenvalue weighted by molar-refractivity contribution is 8.14. The number of nitrogens with one attached hydrogen (secondary N) is 1. The predicted octanol–water partition coefficient (Wildman–Crippen LogP) is 5.91. The van der Waals surface area contributed by atoms with Crippen molar-refractivity contribution in [3.05, 3.63) is 29.8 Å². The largest absolute Gasteiger partial charge is 0.350 e. The number of hydrogen-bond donors (Lipinski definition) is 1. The molecule has 1 heterocycles. The number of nitrogens with zero attached hydrogens (tertiary/aromatic N) is 2. The van der Waals surface area contributed by atoms with E-state index in [1.165, 1.54) is 56.9 Å². The first-order chi connectivity index (χ1) is 13.7. The Morgan fingerprint density at radius 2 is 1.86 bits per heavy atom. The van der Waals surface area contributed by atoms with Gasteiger partial charge >= 0.3 is 0 Å². The fourth-order valence-corrected chi connectivity index (χ4v) is 5.23. The molecule has 1 aliphatic heterocycles. The number of unbranched alkanes of at least 4 members (excludes halogenated alkanes) is 1. The van der Waals surface area contributed by atoms with Crippen LogP contribution in [-0.2, 0) is 11.2 Å². The molecule has 2 fully saturated rings. The van der Waals surface area contributed by atoms with Crippen LogP contribution in [0.4, 0.5) is 5.69 Å². The van der Waals surface area contributed by atoms with Gasteiger partial charge in [0, 0.05) is 31.0 Å². The van der Waals surface area contributed by atoms with Gasteiger partial charge in [-0.2, -0.15) is 0 Å². The normalized spacial score (nSPS) is 21.7. The summed E-state index contributed by atoms with van der Waals surface area (Å²) in [6, 6.07) is 9.01. The van der Waals surface area contributed by atoms with Gasteiger partial charge in [0.2, 0.25) is 5.91 Å². The van der Waals surface area contributed by atoms with Gasteiger partial charge in [0.05, 0.1) is 6.04 Å². The Hall–Kier alpha value is -1.20. The summed E-state index contributed by atoms with van der Waals surface area (Å²) >= 11 is 1.81. The average Bonchev–Trinajstić information content (AvgIpc) is 2.89. The maximum absolute atomic E-state index is 12.5. The standard InChI is InChI=1S/C23H35N3OS.ClH/c1-3-4-9-18-12-14-20(15-13-18)24-22(27)16-21-17-28-23(26(21)2)25-19-10-7-5-6-8-11-19;/h12-15,19,21H,3-11,16-17H2,1-2H3,(H,24,27);1H/b25-23-;. The molecule has 1 saturated carbocycles. The first-order valence-electron chi connectivity index (χ1n) is 11.0. The number of aliphatic imine (C=N–C) groups is 1. The zero-order valence-corrected chi connectivity index (χ0v) is 19.5.